The third kappa shape index (κ3) is 1.87. The zero-order chi connectivity index (χ0) is 14.9. The van der Waals surface area contributed by atoms with Gasteiger partial charge in [0.25, 0.3) is 0 Å². The lowest BCUT2D eigenvalue weighted by Gasteiger charge is -2.07. The summed E-state index contributed by atoms with van der Waals surface area (Å²) in [5.41, 5.74) is 4.02. The number of pyridine rings is 1. The molecule has 2 aromatic heterocycles. The van der Waals surface area contributed by atoms with Crippen molar-refractivity contribution in [3.8, 4) is 11.3 Å². The van der Waals surface area contributed by atoms with E-state index in [-0.39, 0.29) is 0 Å². The number of amides is 1. The zero-order valence-corrected chi connectivity index (χ0v) is 11.9. The molecule has 106 valence electrons. The van der Waals surface area contributed by atoms with Crippen LogP contribution in [0, 0.1) is 0 Å². The summed E-state index contributed by atoms with van der Waals surface area (Å²) in [6.45, 7) is 0. The van der Waals surface area contributed by atoms with Crippen molar-refractivity contribution in [3.05, 3.63) is 72.9 Å². The van der Waals surface area contributed by atoms with Gasteiger partial charge in [-0.2, -0.15) is 0 Å². The summed E-state index contributed by atoms with van der Waals surface area (Å²) in [5, 5.41) is 5.19. The van der Waals surface area contributed by atoms with Crippen LogP contribution in [-0.4, -0.2) is 10.8 Å². The van der Waals surface area contributed by atoms with Crippen molar-refractivity contribution in [1.29, 1.82) is 0 Å². The maximum Gasteiger partial charge on any atom is 0.211 e. The smallest absolute Gasteiger partial charge is 0.211 e. The fourth-order valence-corrected chi connectivity index (χ4v) is 2.99. The van der Waals surface area contributed by atoms with Crippen LogP contribution in [-0.2, 0) is 4.79 Å². The van der Waals surface area contributed by atoms with E-state index in [0.717, 1.165) is 28.9 Å². The van der Waals surface area contributed by atoms with Crippen LogP contribution in [0.15, 0.2) is 72.9 Å². The van der Waals surface area contributed by atoms with Crippen LogP contribution in [0.1, 0.15) is 0 Å². The predicted octanol–water partition coefficient (Wildman–Crippen LogP) is 4.33. The number of hydrogen-bond acceptors (Lipinski definition) is 1. The number of rotatable bonds is 3. The molecule has 22 heavy (non-hydrogen) atoms. The monoisotopic (exact) mass is 286 g/mol. The van der Waals surface area contributed by atoms with Crippen molar-refractivity contribution in [1.82, 2.24) is 4.40 Å². The molecule has 0 aliphatic rings. The van der Waals surface area contributed by atoms with Crippen molar-refractivity contribution in [2.45, 2.75) is 0 Å². The summed E-state index contributed by atoms with van der Waals surface area (Å²) in [6.07, 6.45) is 2.73. The van der Waals surface area contributed by atoms with Crippen LogP contribution in [0.25, 0.3) is 27.5 Å². The summed E-state index contributed by atoms with van der Waals surface area (Å²) in [6, 6.07) is 22.6. The molecular formula is C19H14N2O. The molecule has 3 heteroatoms. The highest BCUT2D eigenvalue weighted by Gasteiger charge is 2.11. The minimum absolute atomic E-state index is 0.717. The van der Waals surface area contributed by atoms with Crippen molar-refractivity contribution in [2.75, 3.05) is 5.32 Å². The largest absolute Gasteiger partial charge is 0.327 e. The molecular weight excluding hydrogens is 272 g/mol. The van der Waals surface area contributed by atoms with Crippen LogP contribution in [0.4, 0.5) is 5.69 Å². The standard InChI is InChI=1S/C19H14N2O/c22-13-20-17-12-19(21-11-4-3-10-18(17)21)16-9-5-7-14-6-1-2-8-15(14)16/h1-13H,(H,20,22). The minimum atomic E-state index is 0.717. The summed E-state index contributed by atoms with van der Waals surface area (Å²) < 4.78 is 2.10. The van der Waals surface area contributed by atoms with E-state index in [1.54, 1.807) is 0 Å². The third-order valence-electron chi connectivity index (χ3n) is 3.96. The van der Waals surface area contributed by atoms with Crippen molar-refractivity contribution in [3.63, 3.8) is 0 Å². The van der Waals surface area contributed by atoms with Crippen molar-refractivity contribution in [2.24, 2.45) is 0 Å². The van der Waals surface area contributed by atoms with Gasteiger partial charge in [-0.1, -0.05) is 48.5 Å². The number of fused-ring (bicyclic) bond motifs is 2. The first-order valence-corrected chi connectivity index (χ1v) is 7.17. The molecule has 1 amide bonds. The quantitative estimate of drug-likeness (QED) is 0.559. The Labute approximate surface area is 127 Å². The van der Waals surface area contributed by atoms with Gasteiger partial charge < -0.3 is 9.72 Å². The Morgan fingerprint density at radius 2 is 1.73 bits per heavy atom. The number of aromatic nitrogens is 1. The number of carbonyl (C=O) groups is 1. The molecule has 0 fully saturated rings. The molecule has 4 aromatic rings. The number of carbonyl (C=O) groups excluding carboxylic acids is 1. The lowest BCUT2D eigenvalue weighted by atomic mass is 10.0. The molecule has 3 nitrogen and oxygen atoms in total. The highest BCUT2D eigenvalue weighted by molar-refractivity contribution is 5.98. The van der Waals surface area contributed by atoms with E-state index in [4.69, 9.17) is 0 Å². The summed E-state index contributed by atoms with van der Waals surface area (Å²) in [7, 11) is 0. The fraction of sp³-hybridized carbons (Fsp3) is 0. The molecule has 0 saturated heterocycles. The molecule has 4 rings (SSSR count). The summed E-state index contributed by atoms with van der Waals surface area (Å²) in [5.74, 6) is 0. The molecule has 2 aromatic carbocycles. The lowest BCUT2D eigenvalue weighted by Crippen LogP contribution is -1.92. The van der Waals surface area contributed by atoms with Gasteiger partial charge >= 0.3 is 0 Å². The molecule has 0 aliphatic carbocycles. The molecule has 0 unspecified atom stereocenters. The summed E-state index contributed by atoms with van der Waals surface area (Å²) >= 11 is 0. The van der Waals surface area contributed by atoms with E-state index in [1.165, 1.54) is 10.8 Å². The zero-order valence-electron chi connectivity index (χ0n) is 11.9. The second-order valence-electron chi connectivity index (χ2n) is 5.19. The van der Waals surface area contributed by atoms with Gasteiger partial charge in [0.15, 0.2) is 0 Å². The van der Waals surface area contributed by atoms with Gasteiger partial charge in [0, 0.05) is 11.8 Å². The van der Waals surface area contributed by atoms with Gasteiger partial charge in [0.1, 0.15) is 0 Å². The first-order valence-electron chi connectivity index (χ1n) is 7.17. The Morgan fingerprint density at radius 3 is 2.64 bits per heavy atom. The Morgan fingerprint density at radius 1 is 0.909 bits per heavy atom. The molecule has 2 heterocycles. The van der Waals surface area contributed by atoms with E-state index >= 15 is 0 Å². The number of benzene rings is 2. The van der Waals surface area contributed by atoms with Crippen LogP contribution in [0.2, 0.25) is 0 Å². The Kier molecular flexibility index (Phi) is 2.90. The first-order chi connectivity index (χ1) is 10.9. The topological polar surface area (TPSA) is 33.5 Å². The molecule has 0 aliphatic heterocycles. The summed E-state index contributed by atoms with van der Waals surface area (Å²) in [4.78, 5) is 10.9. The van der Waals surface area contributed by atoms with Crippen molar-refractivity contribution >= 4 is 28.4 Å². The van der Waals surface area contributed by atoms with Crippen LogP contribution in [0.3, 0.4) is 0 Å². The van der Waals surface area contributed by atoms with Gasteiger partial charge in [-0.05, 0) is 29.0 Å². The van der Waals surface area contributed by atoms with Gasteiger partial charge in [0.05, 0.1) is 16.9 Å². The number of nitrogens with zero attached hydrogens (tertiary/aromatic N) is 1. The third-order valence-corrected chi connectivity index (χ3v) is 3.96. The molecule has 0 radical (unpaired) electrons. The lowest BCUT2D eigenvalue weighted by molar-refractivity contribution is -0.105. The van der Waals surface area contributed by atoms with Crippen LogP contribution < -0.4 is 5.32 Å². The molecule has 1 N–H and O–H groups in total. The molecule has 0 saturated carbocycles. The van der Waals surface area contributed by atoms with Gasteiger partial charge in [-0.3, -0.25) is 4.79 Å². The second kappa shape index (κ2) is 5.04. The highest BCUT2D eigenvalue weighted by atomic mass is 16.1. The van der Waals surface area contributed by atoms with Gasteiger partial charge in [-0.25, -0.2) is 0 Å². The Balaban J connectivity index is 2.06. The molecule has 0 spiro atoms. The maximum atomic E-state index is 10.9. The Hall–Kier alpha value is -3.07. The average Bonchev–Trinajstić information content (AvgIpc) is 2.94. The normalized spacial score (nSPS) is 10.9. The van der Waals surface area contributed by atoms with Crippen LogP contribution in [0.5, 0.6) is 0 Å². The van der Waals surface area contributed by atoms with E-state index in [9.17, 15) is 4.79 Å². The average molecular weight is 286 g/mol. The van der Waals surface area contributed by atoms with Crippen LogP contribution >= 0.6 is 0 Å². The minimum Gasteiger partial charge on any atom is -0.327 e. The maximum absolute atomic E-state index is 10.9. The second-order valence-corrected chi connectivity index (χ2v) is 5.19. The van der Waals surface area contributed by atoms with E-state index in [1.807, 2.05) is 42.6 Å². The number of anilines is 1. The SMILES string of the molecule is O=CNc1cc(-c2cccc3ccccc23)n2ccccc12. The highest BCUT2D eigenvalue weighted by Crippen LogP contribution is 2.33. The van der Waals surface area contributed by atoms with E-state index in [2.05, 4.69) is 40.0 Å². The van der Waals surface area contributed by atoms with E-state index in [0.29, 0.717) is 0 Å². The fourth-order valence-electron chi connectivity index (χ4n) is 2.99. The molecule has 0 bridgehead atoms. The predicted molar refractivity (Wildman–Crippen MR) is 90.0 cm³/mol. The molecule has 0 atom stereocenters. The number of hydrogen-bond donors (Lipinski definition) is 1. The van der Waals surface area contributed by atoms with E-state index < -0.39 is 0 Å². The van der Waals surface area contributed by atoms with Crippen molar-refractivity contribution < 1.29 is 4.79 Å². The van der Waals surface area contributed by atoms with Gasteiger partial charge in [0.2, 0.25) is 6.41 Å². The first kappa shape index (κ1) is 12.7. The number of nitrogens with one attached hydrogen (secondary N) is 1. The Bertz CT molecular complexity index is 980. The van der Waals surface area contributed by atoms with Gasteiger partial charge in [-0.15, -0.1) is 0 Å².